The van der Waals surface area contributed by atoms with Crippen molar-refractivity contribution in [1.29, 1.82) is 0 Å². The number of alkyl halides is 1. The molecule has 74 valence electrons. The third-order valence-corrected chi connectivity index (χ3v) is 3.48. The van der Waals surface area contributed by atoms with E-state index >= 15 is 0 Å². The minimum absolute atomic E-state index is 0.366. The van der Waals surface area contributed by atoms with Crippen molar-refractivity contribution in [2.24, 2.45) is 0 Å². The highest BCUT2D eigenvalue weighted by molar-refractivity contribution is 7.10. The summed E-state index contributed by atoms with van der Waals surface area (Å²) in [5, 5.41) is 2.61. The van der Waals surface area contributed by atoms with Crippen LogP contribution in [0.25, 0.3) is 0 Å². The second-order valence-electron chi connectivity index (χ2n) is 3.49. The van der Waals surface area contributed by atoms with E-state index in [2.05, 4.69) is 25.3 Å². The Balaban J connectivity index is 2.26. The van der Waals surface area contributed by atoms with Gasteiger partial charge in [-0.15, -0.1) is 22.9 Å². The van der Waals surface area contributed by atoms with Gasteiger partial charge in [0.05, 0.1) is 0 Å². The molecule has 0 bridgehead atoms. The van der Waals surface area contributed by atoms with Crippen LogP contribution in [0.1, 0.15) is 36.6 Å². The minimum atomic E-state index is 0.366. The SMILES string of the molecule is CCCC(Cl)CCc1csc(C)c1. The molecule has 1 heterocycles. The summed E-state index contributed by atoms with van der Waals surface area (Å²) in [6.07, 6.45) is 4.59. The molecular weight excluding hydrogens is 200 g/mol. The van der Waals surface area contributed by atoms with Gasteiger partial charge < -0.3 is 0 Å². The predicted octanol–water partition coefficient (Wildman–Crippen LogP) is 4.40. The molecule has 0 N–H and O–H groups in total. The monoisotopic (exact) mass is 216 g/mol. The van der Waals surface area contributed by atoms with Crippen molar-refractivity contribution < 1.29 is 0 Å². The summed E-state index contributed by atoms with van der Waals surface area (Å²) in [5.74, 6) is 0. The summed E-state index contributed by atoms with van der Waals surface area (Å²) >= 11 is 7.97. The predicted molar refractivity (Wildman–Crippen MR) is 61.9 cm³/mol. The Bertz CT molecular complexity index is 242. The number of halogens is 1. The van der Waals surface area contributed by atoms with Crippen LogP contribution in [-0.4, -0.2) is 5.38 Å². The number of hydrogen-bond acceptors (Lipinski definition) is 1. The molecule has 0 amide bonds. The van der Waals surface area contributed by atoms with Crippen molar-refractivity contribution in [2.45, 2.75) is 44.9 Å². The fraction of sp³-hybridized carbons (Fsp3) is 0.636. The maximum Gasteiger partial charge on any atom is 0.0339 e. The summed E-state index contributed by atoms with van der Waals surface area (Å²) in [7, 11) is 0. The van der Waals surface area contributed by atoms with E-state index in [1.807, 2.05) is 11.3 Å². The van der Waals surface area contributed by atoms with Crippen LogP contribution in [0.4, 0.5) is 0 Å². The van der Waals surface area contributed by atoms with E-state index in [1.54, 1.807) is 0 Å². The van der Waals surface area contributed by atoms with E-state index in [1.165, 1.54) is 16.9 Å². The van der Waals surface area contributed by atoms with Crippen molar-refractivity contribution in [3.63, 3.8) is 0 Å². The molecular formula is C11H17ClS. The molecule has 1 atom stereocenters. The van der Waals surface area contributed by atoms with Gasteiger partial charge in [-0.05, 0) is 43.2 Å². The average molecular weight is 217 g/mol. The average Bonchev–Trinajstić information content (AvgIpc) is 2.49. The van der Waals surface area contributed by atoms with E-state index in [0.717, 1.165) is 19.3 Å². The first kappa shape index (κ1) is 11.1. The fourth-order valence-corrected chi connectivity index (χ4v) is 2.48. The second kappa shape index (κ2) is 5.66. The van der Waals surface area contributed by atoms with Crippen molar-refractivity contribution in [3.05, 3.63) is 21.9 Å². The van der Waals surface area contributed by atoms with Crippen LogP contribution in [0, 0.1) is 6.92 Å². The Kier molecular flexibility index (Phi) is 4.82. The van der Waals surface area contributed by atoms with E-state index in [4.69, 9.17) is 11.6 Å². The second-order valence-corrected chi connectivity index (χ2v) is 5.22. The molecule has 0 nitrogen and oxygen atoms in total. The summed E-state index contributed by atoms with van der Waals surface area (Å²) in [6.45, 7) is 4.34. The van der Waals surface area contributed by atoms with Gasteiger partial charge in [-0.1, -0.05) is 13.3 Å². The Morgan fingerprint density at radius 1 is 1.46 bits per heavy atom. The summed E-state index contributed by atoms with van der Waals surface area (Å²) in [5.41, 5.74) is 1.45. The summed E-state index contributed by atoms with van der Waals surface area (Å²) in [6, 6.07) is 2.26. The molecule has 0 aliphatic heterocycles. The largest absolute Gasteiger partial charge is 0.149 e. The zero-order valence-corrected chi connectivity index (χ0v) is 9.92. The van der Waals surface area contributed by atoms with Crippen molar-refractivity contribution in [1.82, 2.24) is 0 Å². The van der Waals surface area contributed by atoms with Gasteiger partial charge in [0, 0.05) is 10.3 Å². The van der Waals surface area contributed by atoms with Crippen LogP contribution in [0.3, 0.4) is 0 Å². The van der Waals surface area contributed by atoms with Gasteiger partial charge in [0.15, 0.2) is 0 Å². The normalized spacial score (nSPS) is 13.2. The number of thiophene rings is 1. The van der Waals surface area contributed by atoms with Gasteiger partial charge in [0.2, 0.25) is 0 Å². The molecule has 1 aromatic rings. The molecule has 0 radical (unpaired) electrons. The zero-order chi connectivity index (χ0) is 9.68. The third kappa shape index (κ3) is 4.15. The lowest BCUT2D eigenvalue weighted by Crippen LogP contribution is -1.99. The van der Waals surface area contributed by atoms with Crippen LogP contribution in [0.5, 0.6) is 0 Å². The standard InChI is InChI=1S/C11H17ClS/c1-3-4-11(12)6-5-10-7-9(2)13-8-10/h7-8,11H,3-6H2,1-2H3. The lowest BCUT2D eigenvalue weighted by Gasteiger charge is -2.05. The lowest BCUT2D eigenvalue weighted by molar-refractivity contribution is 0.676. The van der Waals surface area contributed by atoms with Crippen molar-refractivity contribution in [3.8, 4) is 0 Å². The summed E-state index contributed by atoms with van der Waals surface area (Å²) < 4.78 is 0. The highest BCUT2D eigenvalue weighted by Crippen LogP contribution is 2.18. The van der Waals surface area contributed by atoms with Crippen LogP contribution in [-0.2, 0) is 6.42 Å². The third-order valence-electron chi connectivity index (χ3n) is 2.13. The Hall–Kier alpha value is -0.0100. The zero-order valence-electron chi connectivity index (χ0n) is 8.35. The van der Waals surface area contributed by atoms with Crippen LogP contribution >= 0.6 is 22.9 Å². The van der Waals surface area contributed by atoms with Gasteiger partial charge in [-0.25, -0.2) is 0 Å². The molecule has 0 saturated heterocycles. The fourth-order valence-electron chi connectivity index (χ4n) is 1.41. The minimum Gasteiger partial charge on any atom is -0.149 e. The molecule has 0 aromatic carbocycles. The molecule has 0 aliphatic carbocycles. The van der Waals surface area contributed by atoms with Crippen LogP contribution < -0.4 is 0 Å². The molecule has 2 heteroatoms. The van der Waals surface area contributed by atoms with Crippen molar-refractivity contribution >= 4 is 22.9 Å². The topological polar surface area (TPSA) is 0 Å². The van der Waals surface area contributed by atoms with E-state index in [-0.39, 0.29) is 0 Å². The molecule has 1 unspecified atom stereocenters. The Morgan fingerprint density at radius 3 is 2.77 bits per heavy atom. The maximum absolute atomic E-state index is 6.14. The quantitative estimate of drug-likeness (QED) is 0.641. The first-order valence-corrected chi connectivity index (χ1v) is 6.22. The lowest BCUT2D eigenvalue weighted by atomic mass is 10.1. The van der Waals surface area contributed by atoms with Crippen LogP contribution in [0.15, 0.2) is 11.4 Å². The molecule has 0 spiro atoms. The van der Waals surface area contributed by atoms with Gasteiger partial charge in [0.1, 0.15) is 0 Å². The molecule has 1 aromatic heterocycles. The highest BCUT2D eigenvalue weighted by atomic mass is 35.5. The molecule has 0 saturated carbocycles. The van der Waals surface area contributed by atoms with Gasteiger partial charge in [0.25, 0.3) is 0 Å². The highest BCUT2D eigenvalue weighted by Gasteiger charge is 2.04. The smallest absolute Gasteiger partial charge is 0.0339 e. The van der Waals surface area contributed by atoms with Gasteiger partial charge >= 0.3 is 0 Å². The van der Waals surface area contributed by atoms with E-state index in [9.17, 15) is 0 Å². The molecule has 0 fully saturated rings. The number of hydrogen-bond donors (Lipinski definition) is 0. The molecule has 0 aliphatic rings. The Labute approximate surface area is 89.9 Å². The Morgan fingerprint density at radius 2 is 2.23 bits per heavy atom. The van der Waals surface area contributed by atoms with Crippen molar-refractivity contribution in [2.75, 3.05) is 0 Å². The van der Waals surface area contributed by atoms with Gasteiger partial charge in [-0.2, -0.15) is 0 Å². The maximum atomic E-state index is 6.14. The first-order chi connectivity index (χ1) is 6.22. The summed E-state index contributed by atoms with van der Waals surface area (Å²) in [4.78, 5) is 1.40. The van der Waals surface area contributed by atoms with Gasteiger partial charge in [-0.3, -0.25) is 0 Å². The molecule has 13 heavy (non-hydrogen) atoms. The van der Waals surface area contributed by atoms with E-state index < -0.39 is 0 Å². The first-order valence-electron chi connectivity index (χ1n) is 4.90. The van der Waals surface area contributed by atoms with Crippen LogP contribution in [0.2, 0.25) is 0 Å². The number of rotatable bonds is 5. The number of aryl methyl sites for hydroxylation is 2. The molecule has 1 rings (SSSR count). The van der Waals surface area contributed by atoms with E-state index in [0.29, 0.717) is 5.38 Å².